The second-order valence-corrected chi connectivity index (χ2v) is 5.69. The molecular weight excluding hydrogens is 238 g/mol. The zero-order chi connectivity index (χ0) is 13.9. The minimum atomic E-state index is 0.362. The van der Waals surface area contributed by atoms with Crippen LogP contribution in [0.5, 0.6) is 0 Å². The topological polar surface area (TPSA) is 30.5 Å². The van der Waals surface area contributed by atoms with Gasteiger partial charge in [0.1, 0.15) is 0 Å². The molecule has 1 fully saturated rings. The van der Waals surface area contributed by atoms with Crippen molar-refractivity contribution in [1.29, 1.82) is 0 Å². The predicted octanol–water partition coefficient (Wildman–Crippen LogP) is 3.52. The van der Waals surface area contributed by atoms with Crippen LogP contribution < -0.4 is 5.32 Å². The standard InChI is InChI=1S/C16H33NO2/c1-4-8-16(18-3)15(17-12-5-2)11-6-9-14-10-7-13-19-14/h14-17H,4-13H2,1-3H3. The summed E-state index contributed by atoms with van der Waals surface area (Å²) in [6.45, 7) is 6.51. The van der Waals surface area contributed by atoms with Gasteiger partial charge in [-0.3, -0.25) is 0 Å². The number of methoxy groups -OCH3 is 1. The lowest BCUT2D eigenvalue weighted by atomic mass is 9.98. The van der Waals surface area contributed by atoms with Crippen LogP contribution in [0.15, 0.2) is 0 Å². The monoisotopic (exact) mass is 271 g/mol. The number of ether oxygens (including phenoxy) is 2. The summed E-state index contributed by atoms with van der Waals surface area (Å²) in [5.41, 5.74) is 0. The average molecular weight is 271 g/mol. The van der Waals surface area contributed by atoms with Gasteiger partial charge in [-0.1, -0.05) is 20.3 Å². The Bertz CT molecular complexity index is 205. The maximum Gasteiger partial charge on any atom is 0.0724 e. The molecular formula is C16H33NO2. The molecule has 0 bridgehead atoms. The molecule has 3 heteroatoms. The summed E-state index contributed by atoms with van der Waals surface area (Å²) >= 11 is 0. The Hall–Kier alpha value is -0.120. The number of rotatable bonds is 11. The minimum absolute atomic E-state index is 0.362. The number of hydrogen-bond acceptors (Lipinski definition) is 3. The van der Waals surface area contributed by atoms with Crippen LogP contribution in [0.3, 0.4) is 0 Å². The van der Waals surface area contributed by atoms with E-state index in [0.29, 0.717) is 18.2 Å². The van der Waals surface area contributed by atoms with Crippen molar-refractivity contribution in [2.24, 2.45) is 0 Å². The Labute approximate surface area is 119 Å². The second kappa shape index (κ2) is 10.6. The van der Waals surface area contributed by atoms with Crippen LogP contribution in [-0.2, 0) is 9.47 Å². The van der Waals surface area contributed by atoms with Crippen LogP contribution in [-0.4, -0.2) is 38.5 Å². The SMILES string of the molecule is CCCNC(CCCC1CCCO1)C(CCC)OC. The van der Waals surface area contributed by atoms with Gasteiger partial charge < -0.3 is 14.8 Å². The first-order valence-electron chi connectivity index (χ1n) is 8.19. The lowest BCUT2D eigenvalue weighted by Gasteiger charge is -2.27. The first-order chi connectivity index (χ1) is 9.31. The van der Waals surface area contributed by atoms with Gasteiger partial charge in [0.15, 0.2) is 0 Å². The molecule has 114 valence electrons. The van der Waals surface area contributed by atoms with E-state index in [-0.39, 0.29) is 0 Å². The lowest BCUT2D eigenvalue weighted by Crippen LogP contribution is -2.41. The van der Waals surface area contributed by atoms with Gasteiger partial charge in [0.2, 0.25) is 0 Å². The largest absolute Gasteiger partial charge is 0.380 e. The molecule has 1 aliphatic heterocycles. The highest BCUT2D eigenvalue weighted by molar-refractivity contribution is 4.78. The molecule has 3 nitrogen and oxygen atoms in total. The first kappa shape index (κ1) is 16.9. The molecule has 0 aromatic heterocycles. The molecule has 3 atom stereocenters. The maximum absolute atomic E-state index is 5.70. The highest BCUT2D eigenvalue weighted by atomic mass is 16.5. The minimum Gasteiger partial charge on any atom is -0.380 e. The molecule has 0 radical (unpaired) electrons. The Morgan fingerprint density at radius 2 is 2.11 bits per heavy atom. The molecule has 1 heterocycles. The van der Waals surface area contributed by atoms with Crippen molar-refractivity contribution in [3.8, 4) is 0 Å². The molecule has 3 unspecified atom stereocenters. The summed E-state index contributed by atoms with van der Waals surface area (Å²) in [4.78, 5) is 0. The second-order valence-electron chi connectivity index (χ2n) is 5.69. The van der Waals surface area contributed by atoms with Gasteiger partial charge in [-0.2, -0.15) is 0 Å². The fourth-order valence-corrected chi connectivity index (χ4v) is 2.95. The van der Waals surface area contributed by atoms with Crippen molar-refractivity contribution in [2.75, 3.05) is 20.3 Å². The summed E-state index contributed by atoms with van der Waals surface area (Å²) in [7, 11) is 1.85. The van der Waals surface area contributed by atoms with Crippen LogP contribution in [0.1, 0.15) is 65.2 Å². The van der Waals surface area contributed by atoms with Gasteiger partial charge in [0.25, 0.3) is 0 Å². The summed E-state index contributed by atoms with van der Waals surface area (Å²) in [6.07, 6.45) is 10.6. The molecule has 1 aliphatic rings. The third kappa shape index (κ3) is 6.73. The third-order valence-electron chi connectivity index (χ3n) is 4.05. The van der Waals surface area contributed by atoms with E-state index in [0.717, 1.165) is 19.6 Å². The van der Waals surface area contributed by atoms with E-state index in [1.807, 2.05) is 7.11 Å². The van der Waals surface area contributed by atoms with E-state index in [9.17, 15) is 0 Å². The van der Waals surface area contributed by atoms with Gasteiger partial charge >= 0.3 is 0 Å². The van der Waals surface area contributed by atoms with E-state index < -0.39 is 0 Å². The van der Waals surface area contributed by atoms with Crippen LogP contribution in [0.25, 0.3) is 0 Å². The Balaban J connectivity index is 2.29. The Morgan fingerprint density at radius 3 is 2.68 bits per heavy atom. The maximum atomic E-state index is 5.70. The number of nitrogens with one attached hydrogen (secondary N) is 1. The van der Waals surface area contributed by atoms with E-state index in [1.54, 1.807) is 0 Å². The van der Waals surface area contributed by atoms with E-state index in [4.69, 9.17) is 9.47 Å². The van der Waals surface area contributed by atoms with Gasteiger partial charge in [-0.15, -0.1) is 0 Å². The highest BCUT2D eigenvalue weighted by Crippen LogP contribution is 2.20. The highest BCUT2D eigenvalue weighted by Gasteiger charge is 2.21. The normalized spacial score (nSPS) is 22.6. The number of hydrogen-bond donors (Lipinski definition) is 1. The zero-order valence-electron chi connectivity index (χ0n) is 13.1. The van der Waals surface area contributed by atoms with Crippen molar-refractivity contribution >= 4 is 0 Å². The van der Waals surface area contributed by atoms with Crippen LogP contribution >= 0.6 is 0 Å². The summed E-state index contributed by atoms with van der Waals surface area (Å²) in [6, 6.07) is 0.506. The van der Waals surface area contributed by atoms with Gasteiger partial charge in [-0.05, 0) is 51.5 Å². The van der Waals surface area contributed by atoms with E-state index in [2.05, 4.69) is 19.2 Å². The summed E-state index contributed by atoms with van der Waals surface area (Å²) in [5, 5.41) is 3.66. The quantitative estimate of drug-likeness (QED) is 0.624. The fraction of sp³-hybridized carbons (Fsp3) is 1.00. The van der Waals surface area contributed by atoms with Crippen LogP contribution in [0, 0.1) is 0 Å². The molecule has 19 heavy (non-hydrogen) atoms. The lowest BCUT2D eigenvalue weighted by molar-refractivity contribution is 0.0539. The Morgan fingerprint density at radius 1 is 1.26 bits per heavy atom. The zero-order valence-corrected chi connectivity index (χ0v) is 13.1. The van der Waals surface area contributed by atoms with Crippen molar-refractivity contribution in [2.45, 2.75) is 83.5 Å². The fourth-order valence-electron chi connectivity index (χ4n) is 2.95. The van der Waals surface area contributed by atoms with Crippen molar-refractivity contribution in [1.82, 2.24) is 5.32 Å². The van der Waals surface area contributed by atoms with Crippen molar-refractivity contribution in [3.05, 3.63) is 0 Å². The molecule has 1 saturated heterocycles. The third-order valence-corrected chi connectivity index (χ3v) is 4.05. The average Bonchev–Trinajstić information content (AvgIpc) is 2.93. The molecule has 0 amide bonds. The van der Waals surface area contributed by atoms with Crippen molar-refractivity contribution in [3.63, 3.8) is 0 Å². The smallest absolute Gasteiger partial charge is 0.0724 e. The van der Waals surface area contributed by atoms with E-state index in [1.165, 1.54) is 44.9 Å². The molecule has 1 rings (SSSR count). The molecule has 0 spiro atoms. The summed E-state index contributed by atoms with van der Waals surface area (Å²) in [5.74, 6) is 0. The first-order valence-corrected chi connectivity index (χ1v) is 8.19. The molecule has 0 saturated carbocycles. The van der Waals surface area contributed by atoms with Gasteiger partial charge in [-0.25, -0.2) is 0 Å². The van der Waals surface area contributed by atoms with Crippen molar-refractivity contribution < 1.29 is 9.47 Å². The van der Waals surface area contributed by atoms with Gasteiger partial charge in [0, 0.05) is 19.8 Å². The molecule has 0 aromatic rings. The van der Waals surface area contributed by atoms with Crippen LogP contribution in [0.4, 0.5) is 0 Å². The Kier molecular flexibility index (Phi) is 9.48. The van der Waals surface area contributed by atoms with Gasteiger partial charge in [0.05, 0.1) is 12.2 Å². The van der Waals surface area contributed by atoms with E-state index >= 15 is 0 Å². The molecule has 0 aromatic carbocycles. The predicted molar refractivity (Wildman–Crippen MR) is 80.6 cm³/mol. The molecule has 1 N–H and O–H groups in total. The van der Waals surface area contributed by atoms with Crippen LogP contribution in [0.2, 0.25) is 0 Å². The summed E-state index contributed by atoms with van der Waals surface area (Å²) < 4.78 is 11.4. The molecule has 0 aliphatic carbocycles.